The Hall–Kier alpha value is -0.910. The van der Waals surface area contributed by atoms with E-state index in [2.05, 4.69) is 5.32 Å². The maximum Gasteiger partial charge on any atom is 0.214 e. The number of hydrogen-bond donors (Lipinski definition) is 1. The van der Waals surface area contributed by atoms with Crippen LogP contribution in [0.3, 0.4) is 0 Å². The van der Waals surface area contributed by atoms with Crippen LogP contribution >= 0.6 is 0 Å². The molecule has 0 bridgehead atoms. The molecule has 0 aromatic heterocycles. The minimum atomic E-state index is -3.19. The number of hydrogen-bond acceptors (Lipinski definition) is 3. The van der Waals surface area contributed by atoms with Gasteiger partial charge in [0.05, 0.1) is 5.75 Å². The van der Waals surface area contributed by atoms with Crippen molar-refractivity contribution in [3.8, 4) is 0 Å². The van der Waals surface area contributed by atoms with E-state index < -0.39 is 10.0 Å². The molecular formula is C13H22N2O2S. The van der Waals surface area contributed by atoms with Crippen LogP contribution in [0.5, 0.6) is 0 Å². The van der Waals surface area contributed by atoms with Gasteiger partial charge in [0.2, 0.25) is 10.0 Å². The van der Waals surface area contributed by atoms with Crippen LogP contribution in [0.1, 0.15) is 18.4 Å². The summed E-state index contributed by atoms with van der Waals surface area (Å²) in [6, 6.07) is 9.73. The third kappa shape index (κ3) is 4.40. The van der Waals surface area contributed by atoms with Crippen molar-refractivity contribution < 1.29 is 8.42 Å². The Morgan fingerprint density at radius 3 is 2.44 bits per heavy atom. The molecule has 1 unspecified atom stereocenters. The first kappa shape index (κ1) is 15.1. The smallest absolute Gasteiger partial charge is 0.214 e. The molecular weight excluding hydrogens is 248 g/mol. The molecule has 0 amide bonds. The van der Waals surface area contributed by atoms with E-state index in [0.29, 0.717) is 13.1 Å². The molecule has 0 aliphatic heterocycles. The Balaban J connectivity index is 2.65. The second-order valence-electron chi connectivity index (χ2n) is 4.52. The van der Waals surface area contributed by atoms with E-state index in [0.717, 1.165) is 5.56 Å². The number of nitrogens with one attached hydrogen (secondary N) is 1. The largest absolute Gasteiger partial charge is 0.318 e. The van der Waals surface area contributed by atoms with Gasteiger partial charge in [-0.05, 0) is 18.5 Å². The molecule has 0 saturated heterocycles. The Labute approximate surface area is 110 Å². The summed E-state index contributed by atoms with van der Waals surface area (Å²) in [5.41, 5.74) is 1.06. The van der Waals surface area contributed by atoms with Crippen LogP contribution in [-0.4, -0.2) is 45.7 Å². The minimum Gasteiger partial charge on any atom is -0.318 e. The molecule has 1 rings (SSSR count). The van der Waals surface area contributed by atoms with Gasteiger partial charge < -0.3 is 5.32 Å². The number of benzene rings is 1. The lowest BCUT2D eigenvalue weighted by Crippen LogP contribution is -2.35. The van der Waals surface area contributed by atoms with Crippen LogP contribution in [0.4, 0.5) is 0 Å². The maximum absolute atomic E-state index is 12.1. The van der Waals surface area contributed by atoms with Crippen molar-refractivity contribution in [2.45, 2.75) is 12.8 Å². The normalized spacial score (nSPS) is 13.8. The van der Waals surface area contributed by atoms with Crippen LogP contribution in [0.25, 0.3) is 0 Å². The van der Waals surface area contributed by atoms with Gasteiger partial charge in [-0.3, -0.25) is 0 Å². The van der Waals surface area contributed by atoms with Gasteiger partial charge in [-0.2, -0.15) is 0 Å². The Bertz CT molecular complexity index is 445. The zero-order valence-corrected chi connectivity index (χ0v) is 12.1. The highest BCUT2D eigenvalue weighted by atomic mass is 32.2. The Morgan fingerprint density at radius 2 is 1.89 bits per heavy atom. The third-order valence-electron chi connectivity index (χ3n) is 2.98. The topological polar surface area (TPSA) is 49.4 Å². The van der Waals surface area contributed by atoms with Crippen LogP contribution < -0.4 is 5.32 Å². The summed E-state index contributed by atoms with van der Waals surface area (Å²) in [5, 5.41) is 2.95. The molecule has 0 fully saturated rings. The number of nitrogens with zero attached hydrogens (tertiary/aromatic N) is 1. The molecule has 1 N–H and O–H groups in total. The second-order valence-corrected chi connectivity index (χ2v) is 6.64. The molecule has 0 aliphatic rings. The van der Waals surface area contributed by atoms with E-state index in [1.807, 2.05) is 44.3 Å². The van der Waals surface area contributed by atoms with E-state index in [9.17, 15) is 8.42 Å². The van der Waals surface area contributed by atoms with E-state index in [-0.39, 0.29) is 11.7 Å². The Kier molecular flexibility index (Phi) is 5.78. The lowest BCUT2D eigenvalue weighted by molar-refractivity contribution is 0.463. The van der Waals surface area contributed by atoms with Crippen LogP contribution in [0.2, 0.25) is 0 Å². The average Bonchev–Trinajstić information content (AvgIpc) is 2.36. The lowest BCUT2D eigenvalue weighted by atomic mass is 10.0. The van der Waals surface area contributed by atoms with E-state index in [4.69, 9.17) is 0 Å². The maximum atomic E-state index is 12.1. The standard InChI is InChI=1S/C13H22N2O2S/c1-12(13-7-5-4-6-8-13)11-18(16,17)15(3)10-9-14-2/h4-8,12,14H,9-11H2,1-3H3. The van der Waals surface area contributed by atoms with Gasteiger partial charge in [0, 0.05) is 20.1 Å². The monoisotopic (exact) mass is 270 g/mol. The zero-order chi connectivity index (χ0) is 13.6. The highest BCUT2D eigenvalue weighted by Crippen LogP contribution is 2.17. The molecule has 4 nitrogen and oxygen atoms in total. The predicted octanol–water partition coefficient (Wildman–Crippen LogP) is 1.27. The fraction of sp³-hybridized carbons (Fsp3) is 0.538. The number of rotatable bonds is 7. The van der Waals surface area contributed by atoms with Gasteiger partial charge in [-0.1, -0.05) is 37.3 Å². The fourth-order valence-corrected chi connectivity index (χ4v) is 3.18. The summed E-state index contributed by atoms with van der Waals surface area (Å²) in [6.07, 6.45) is 0. The van der Waals surface area contributed by atoms with Gasteiger partial charge in [0.25, 0.3) is 0 Å². The second kappa shape index (κ2) is 6.87. The minimum absolute atomic E-state index is 0.00763. The van der Waals surface area contributed by atoms with Gasteiger partial charge in [-0.15, -0.1) is 0 Å². The van der Waals surface area contributed by atoms with Gasteiger partial charge in [-0.25, -0.2) is 12.7 Å². The molecule has 5 heteroatoms. The van der Waals surface area contributed by atoms with Crippen molar-refractivity contribution in [2.24, 2.45) is 0 Å². The molecule has 0 aliphatic carbocycles. The SMILES string of the molecule is CNCCN(C)S(=O)(=O)CC(C)c1ccccc1. The fourth-order valence-electron chi connectivity index (χ4n) is 1.73. The molecule has 0 radical (unpaired) electrons. The number of likely N-dealkylation sites (N-methyl/N-ethyl adjacent to an activating group) is 2. The lowest BCUT2D eigenvalue weighted by Gasteiger charge is -2.20. The molecule has 1 aromatic carbocycles. The summed E-state index contributed by atoms with van der Waals surface area (Å²) < 4.78 is 25.7. The average molecular weight is 270 g/mol. The van der Waals surface area contributed by atoms with Gasteiger partial charge in [0.1, 0.15) is 0 Å². The summed E-state index contributed by atoms with van der Waals surface area (Å²) in [5.74, 6) is 0.158. The van der Waals surface area contributed by atoms with Crippen molar-refractivity contribution >= 4 is 10.0 Å². The van der Waals surface area contributed by atoms with E-state index in [1.165, 1.54) is 4.31 Å². The van der Waals surface area contributed by atoms with Gasteiger partial charge >= 0.3 is 0 Å². The molecule has 1 aromatic rings. The molecule has 0 saturated carbocycles. The van der Waals surface area contributed by atoms with Crippen LogP contribution in [0.15, 0.2) is 30.3 Å². The summed E-state index contributed by atoms with van der Waals surface area (Å²) in [7, 11) is 0.255. The molecule has 18 heavy (non-hydrogen) atoms. The predicted molar refractivity (Wildman–Crippen MR) is 75.2 cm³/mol. The van der Waals surface area contributed by atoms with Crippen molar-refractivity contribution in [1.82, 2.24) is 9.62 Å². The molecule has 0 spiro atoms. The first-order chi connectivity index (χ1) is 8.47. The van der Waals surface area contributed by atoms with Crippen LogP contribution in [0, 0.1) is 0 Å². The quantitative estimate of drug-likeness (QED) is 0.812. The molecule has 102 valence electrons. The molecule has 1 atom stereocenters. The summed E-state index contributed by atoms with van der Waals surface area (Å²) >= 11 is 0. The third-order valence-corrected chi connectivity index (χ3v) is 5.03. The van der Waals surface area contributed by atoms with Crippen LogP contribution in [-0.2, 0) is 10.0 Å². The van der Waals surface area contributed by atoms with E-state index in [1.54, 1.807) is 7.05 Å². The summed E-state index contributed by atoms with van der Waals surface area (Å²) in [4.78, 5) is 0. The van der Waals surface area contributed by atoms with Gasteiger partial charge in [0.15, 0.2) is 0 Å². The highest BCUT2D eigenvalue weighted by Gasteiger charge is 2.21. The molecule has 0 heterocycles. The first-order valence-corrected chi connectivity index (χ1v) is 7.72. The van der Waals surface area contributed by atoms with Crippen molar-refractivity contribution in [3.63, 3.8) is 0 Å². The van der Waals surface area contributed by atoms with Crippen molar-refractivity contribution in [2.75, 3.05) is 32.9 Å². The first-order valence-electron chi connectivity index (χ1n) is 6.11. The zero-order valence-electron chi connectivity index (χ0n) is 11.3. The van der Waals surface area contributed by atoms with Crippen molar-refractivity contribution in [3.05, 3.63) is 35.9 Å². The highest BCUT2D eigenvalue weighted by molar-refractivity contribution is 7.89. The summed E-state index contributed by atoms with van der Waals surface area (Å²) in [6.45, 7) is 3.11. The van der Waals surface area contributed by atoms with E-state index >= 15 is 0 Å². The Morgan fingerprint density at radius 1 is 1.28 bits per heavy atom. The van der Waals surface area contributed by atoms with Crippen molar-refractivity contribution in [1.29, 1.82) is 0 Å². The number of sulfonamides is 1.